The second kappa shape index (κ2) is 10.6. The fourth-order valence-electron chi connectivity index (χ4n) is 5.47. The summed E-state index contributed by atoms with van der Waals surface area (Å²) in [4.78, 5) is 30.1. The van der Waals surface area contributed by atoms with E-state index >= 15 is 0 Å². The van der Waals surface area contributed by atoms with Gasteiger partial charge in [0.2, 0.25) is 5.91 Å². The van der Waals surface area contributed by atoms with Crippen molar-refractivity contribution in [3.63, 3.8) is 0 Å². The average Bonchev–Trinajstić information content (AvgIpc) is 3.46. The lowest BCUT2D eigenvalue weighted by Crippen LogP contribution is -2.30. The maximum absolute atomic E-state index is 12.8. The summed E-state index contributed by atoms with van der Waals surface area (Å²) < 4.78 is 0. The van der Waals surface area contributed by atoms with Crippen molar-refractivity contribution in [3.8, 4) is 0 Å². The molecule has 6 heteroatoms. The van der Waals surface area contributed by atoms with Gasteiger partial charge in [-0.1, -0.05) is 29.8 Å². The third-order valence-corrected chi connectivity index (χ3v) is 7.46. The molecule has 1 atom stereocenters. The number of carbonyl (C=O) groups excluding carboxylic acids is 2. The number of benzene rings is 2. The predicted molar refractivity (Wildman–Crippen MR) is 140 cm³/mol. The fourth-order valence-corrected chi connectivity index (χ4v) is 5.47. The van der Waals surface area contributed by atoms with Gasteiger partial charge in [-0.25, -0.2) is 0 Å². The van der Waals surface area contributed by atoms with Gasteiger partial charge in [-0.15, -0.1) is 0 Å². The highest BCUT2D eigenvalue weighted by molar-refractivity contribution is 5.99. The highest BCUT2D eigenvalue weighted by Crippen LogP contribution is 2.35. The maximum Gasteiger partial charge on any atom is 0.251 e. The quantitative estimate of drug-likeness (QED) is 0.403. The van der Waals surface area contributed by atoms with Crippen molar-refractivity contribution in [2.75, 3.05) is 26.2 Å². The van der Waals surface area contributed by atoms with Crippen LogP contribution in [0.2, 0.25) is 0 Å². The molecule has 5 rings (SSSR count). The van der Waals surface area contributed by atoms with Crippen molar-refractivity contribution in [3.05, 3.63) is 70.4 Å². The Balaban J connectivity index is 1.20. The van der Waals surface area contributed by atoms with Crippen LogP contribution in [0.4, 0.5) is 0 Å². The Labute approximate surface area is 207 Å². The monoisotopic (exact) mass is 472 g/mol. The Morgan fingerprint density at radius 2 is 1.94 bits per heavy atom. The number of rotatable bonds is 9. The van der Waals surface area contributed by atoms with Gasteiger partial charge in [0, 0.05) is 54.3 Å². The summed E-state index contributed by atoms with van der Waals surface area (Å²) in [5.41, 5.74) is 7.09. The van der Waals surface area contributed by atoms with Crippen LogP contribution in [0.15, 0.2) is 42.5 Å². The molecule has 6 nitrogen and oxygen atoms in total. The van der Waals surface area contributed by atoms with E-state index in [4.69, 9.17) is 0 Å². The molecule has 3 N–H and O–H groups in total. The zero-order valence-electron chi connectivity index (χ0n) is 20.7. The van der Waals surface area contributed by atoms with Gasteiger partial charge in [0.05, 0.1) is 0 Å². The van der Waals surface area contributed by atoms with E-state index in [9.17, 15) is 9.59 Å². The zero-order valence-corrected chi connectivity index (χ0v) is 20.7. The first-order valence-electron chi connectivity index (χ1n) is 13.1. The van der Waals surface area contributed by atoms with Gasteiger partial charge >= 0.3 is 0 Å². The summed E-state index contributed by atoms with van der Waals surface area (Å²) >= 11 is 0. The Morgan fingerprint density at radius 1 is 1.09 bits per heavy atom. The summed E-state index contributed by atoms with van der Waals surface area (Å²) in [6.07, 6.45) is 6.73. The second-order valence-corrected chi connectivity index (χ2v) is 10.0. The molecule has 1 aliphatic heterocycles. The number of H-pyrrole nitrogens is 1. The van der Waals surface area contributed by atoms with E-state index in [1.165, 1.54) is 27.8 Å². The summed E-state index contributed by atoms with van der Waals surface area (Å²) in [6, 6.07) is 15.1. The molecule has 1 saturated heterocycles. The van der Waals surface area contributed by atoms with Crippen LogP contribution in [0.1, 0.15) is 70.9 Å². The van der Waals surface area contributed by atoms with Crippen LogP contribution >= 0.6 is 0 Å². The molecule has 2 aliphatic rings. The Bertz CT molecular complexity index is 1200. The molecule has 0 spiro atoms. The van der Waals surface area contributed by atoms with Crippen LogP contribution < -0.4 is 10.6 Å². The van der Waals surface area contributed by atoms with Gasteiger partial charge in [-0.2, -0.15) is 0 Å². The standard InChI is InChI=1S/C29H36N4O2/c1-20-8-10-21(11-9-20)14-16-30-26-6-2-5-23-24-19-22(12-13-25(24)32-28(23)26)29(35)31-15-4-18-33-17-3-7-27(33)34/h8-13,19,26,30,32H,2-7,14-18H2,1H3,(H,31,35). The van der Waals surface area contributed by atoms with Gasteiger partial charge in [-0.3, -0.25) is 9.59 Å². The Kier molecular flexibility index (Phi) is 7.19. The molecule has 0 radical (unpaired) electrons. The highest BCUT2D eigenvalue weighted by atomic mass is 16.2. The Morgan fingerprint density at radius 3 is 2.74 bits per heavy atom. The minimum absolute atomic E-state index is 0.0434. The molecular formula is C29H36N4O2. The first-order chi connectivity index (χ1) is 17.1. The fraction of sp³-hybridized carbons (Fsp3) is 0.448. The lowest BCUT2D eigenvalue weighted by atomic mass is 9.91. The topological polar surface area (TPSA) is 77.2 Å². The highest BCUT2D eigenvalue weighted by Gasteiger charge is 2.24. The number of amides is 2. The zero-order chi connectivity index (χ0) is 24.2. The van der Waals surface area contributed by atoms with Crippen molar-refractivity contribution >= 4 is 22.7 Å². The number of hydrogen-bond donors (Lipinski definition) is 3. The van der Waals surface area contributed by atoms with Crippen molar-refractivity contribution < 1.29 is 9.59 Å². The van der Waals surface area contributed by atoms with E-state index in [0.717, 1.165) is 63.7 Å². The molecule has 0 bridgehead atoms. The summed E-state index contributed by atoms with van der Waals surface area (Å²) in [6.45, 7) is 5.22. The summed E-state index contributed by atoms with van der Waals surface area (Å²) in [7, 11) is 0. The first kappa shape index (κ1) is 23.6. The van der Waals surface area contributed by atoms with Crippen LogP contribution in [0.5, 0.6) is 0 Å². The van der Waals surface area contributed by atoms with Crippen molar-refractivity contribution in [2.45, 2.75) is 57.9 Å². The van der Waals surface area contributed by atoms with E-state index in [2.05, 4.69) is 46.8 Å². The molecule has 3 aromatic rings. The average molecular weight is 473 g/mol. The SMILES string of the molecule is Cc1ccc(CCNC2CCCc3c2[nH]c2ccc(C(=O)NCCCN4CCCC4=O)cc32)cc1. The van der Waals surface area contributed by atoms with Gasteiger partial charge in [0.15, 0.2) is 0 Å². The Hall–Kier alpha value is -3.12. The molecule has 2 amide bonds. The minimum atomic E-state index is -0.0434. The van der Waals surface area contributed by atoms with Crippen molar-refractivity contribution in [1.82, 2.24) is 20.5 Å². The number of aromatic nitrogens is 1. The van der Waals surface area contributed by atoms with Crippen LogP contribution in [-0.4, -0.2) is 47.9 Å². The summed E-state index contributed by atoms with van der Waals surface area (Å²) in [5.74, 6) is 0.195. The van der Waals surface area contributed by atoms with E-state index in [0.29, 0.717) is 24.6 Å². The molecule has 0 saturated carbocycles. The molecule has 35 heavy (non-hydrogen) atoms. The van der Waals surface area contributed by atoms with Crippen LogP contribution in [0.25, 0.3) is 10.9 Å². The number of fused-ring (bicyclic) bond motifs is 3. The molecular weight excluding hydrogens is 436 g/mol. The molecule has 1 aliphatic carbocycles. The number of likely N-dealkylation sites (tertiary alicyclic amines) is 1. The number of aryl methyl sites for hydroxylation is 2. The van der Waals surface area contributed by atoms with E-state index in [1.807, 2.05) is 23.1 Å². The molecule has 184 valence electrons. The normalized spacial score (nSPS) is 17.7. The smallest absolute Gasteiger partial charge is 0.251 e. The predicted octanol–water partition coefficient (Wildman–Crippen LogP) is 4.43. The van der Waals surface area contributed by atoms with E-state index in [1.54, 1.807) is 0 Å². The molecule has 2 heterocycles. The minimum Gasteiger partial charge on any atom is -0.357 e. The first-order valence-corrected chi connectivity index (χ1v) is 13.1. The van der Waals surface area contributed by atoms with Crippen LogP contribution in [-0.2, 0) is 17.6 Å². The third kappa shape index (κ3) is 5.43. The molecule has 2 aromatic carbocycles. The summed E-state index contributed by atoms with van der Waals surface area (Å²) in [5, 5.41) is 7.96. The maximum atomic E-state index is 12.8. The third-order valence-electron chi connectivity index (χ3n) is 7.46. The van der Waals surface area contributed by atoms with Gasteiger partial charge in [0.1, 0.15) is 0 Å². The van der Waals surface area contributed by atoms with Gasteiger partial charge in [-0.05, 0) is 81.3 Å². The number of carbonyl (C=O) groups is 2. The molecule has 1 fully saturated rings. The van der Waals surface area contributed by atoms with Crippen molar-refractivity contribution in [1.29, 1.82) is 0 Å². The van der Waals surface area contributed by atoms with E-state index < -0.39 is 0 Å². The van der Waals surface area contributed by atoms with Gasteiger partial charge < -0.3 is 20.5 Å². The largest absolute Gasteiger partial charge is 0.357 e. The van der Waals surface area contributed by atoms with Crippen molar-refractivity contribution in [2.24, 2.45) is 0 Å². The van der Waals surface area contributed by atoms with Crippen LogP contribution in [0.3, 0.4) is 0 Å². The lowest BCUT2D eigenvalue weighted by molar-refractivity contribution is -0.127. The number of nitrogens with one attached hydrogen (secondary N) is 3. The second-order valence-electron chi connectivity index (χ2n) is 10.0. The van der Waals surface area contributed by atoms with E-state index in [-0.39, 0.29) is 11.8 Å². The molecule has 1 unspecified atom stereocenters. The van der Waals surface area contributed by atoms with Gasteiger partial charge in [0.25, 0.3) is 5.91 Å². The number of nitrogens with zero attached hydrogens (tertiary/aromatic N) is 1. The number of aromatic amines is 1. The molecule has 1 aromatic heterocycles. The van der Waals surface area contributed by atoms with Crippen LogP contribution in [0, 0.1) is 6.92 Å². The lowest BCUT2D eigenvalue weighted by Gasteiger charge is -2.24. The number of hydrogen-bond acceptors (Lipinski definition) is 3.